The lowest BCUT2D eigenvalue weighted by atomic mass is 9.83. The zero-order chi connectivity index (χ0) is 22.8. The number of carbonyl (C=O) groups excluding carboxylic acids is 1. The molecule has 0 saturated heterocycles. The van der Waals surface area contributed by atoms with E-state index in [1.807, 2.05) is 42.1 Å². The minimum absolute atomic E-state index is 0.141. The zero-order valence-corrected chi connectivity index (χ0v) is 19.6. The van der Waals surface area contributed by atoms with Gasteiger partial charge in [0.25, 0.3) is 0 Å². The van der Waals surface area contributed by atoms with Crippen LogP contribution in [-0.2, 0) is 14.6 Å². The van der Waals surface area contributed by atoms with Crippen molar-refractivity contribution in [1.29, 1.82) is 0 Å². The van der Waals surface area contributed by atoms with E-state index in [1.165, 1.54) is 15.8 Å². The first kappa shape index (κ1) is 23.4. The predicted molar refractivity (Wildman–Crippen MR) is 125 cm³/mol. The summed E-state index contributed by atoms with van der Waals surface area (Å²) in [5.41, 5.74) is 3.88. The second-order valence-electron chi connectivity index (χ2n) is 8.17. The normalized spacial score (nSPS) is 12.9. The zero-order valence-electron chi connectivity index (χ0n) is 18.0. The molecule has 6 nitrogen and oxygen atoms in total. The third kappa shape index (κ3) is 5.53. The Morgan fingerprint density at radius 3 is 2.13 bits per heavy atom. The number of quaternary nitrogens is 1. The fourth-order valence-electron chi connectivity index (χ4n) is 3.41. The number of carbonyl (C=O) groups is 1. The minimum Gasteiger partial charge on any atom is -0.330 e. The number of thioether (sulfide) groups is 1. The molecule has 0 aliphatic heterocycles. The number of fused-ring (bicyclic) bond motifs is 2. The lowest BCUT2D eigenvalue weighted by Crippen LogP contribution is -2.36. The fraction of sp³-hybridized carbons (Fsp3) is 0.261. The van der Waals surface area contributed by atoms with Crippen LogP contribution in [0.1, 0.15) is 15.9 Å². The van der Waals surface area contributed by atoms with Gasteiger partial charge in [-0.3, -0.25) is 13.5 Å². The van der Waals surface area contributed by atoms with Gasteiger partial charge in [-0.05, 0) is 22.6 Å². The third-order valence-corrected chi connectivity index (χ3v) is 6.41. The molecule has 0 atom stereocenters. The van der Waals surface area contributed by atoms with E-state index in [4.69, 9.17) is 4.55 Å². The van der Waals surface area contributed by atoms with Crippen LogP contribution >= 0.6 is 11.8 Å². The van der Waals surface area contributed by atoms with Gasteiger partial charge in [0.15, 0.2) is 5.78 Å². The molecule has 164 valence electrons. The average Bonchev–Trinajstić information content (AvgIpc) is 2.71. The maximum Gasteiger partial charge on any atom is 0.397 e. The van der Waals surface area contributed by atoms with Crippen molar-refractivity contribution in [2.24, 2.45) is 0 Å². The highest BCUT2D eigenvalue weighted by molar-refractivity contribution is 7.99. The molecule has 3 aromatic rings. The van der Waals surface area contributed by atoms with Crippen LogP contribution in [0.25, 0.3) is 21.9 Å². The molecule has 31 heavy (non-hydrogen) atoms. The summed E-state index contributed by atoms with van der Waals surface area (Å²) in [6.45, 7) is 1.11. The molecule has 1 N–H and O–H groups in total. The van der Waals surface area contributed by atoms with E-state index in [0.717, 1.165) is 46.0 Å². The lowest BCUT2D eigenvalue weighted by Gasteiger charge is -2.24. The maximum atomic E-state index is 12.9. The highest BCUT2D eigenvalue weighted by Crippen LogP contribution is 2.42. The standard InChI is InChI=1S/C22H22NOS.CH4O4S/c1-23(2,3)13-14-25-20-12-11-16-15-7-4-5-8-17(15)22(24)19-10-6-9-18(20)21(16)19;1-5-6(2,3)4/h4-12H,13-14H2,1-3H3;1H3,(H,2,3,4)/q+1;. The Balaban J connectivity index is 0.000000401. The second-order valence-corrected chi connectivity index (χ2v) is 10.5. The van der Waals surface area contributed by atoms with E-state index < -0.39 is 10.4 Å². The van der Waals surface area contributed by atoms with Crippen molar-refractivity contribution < 1.29 is 26.4 Å². The number of ketones is 1. The summed E-state index contributed by atoms with van der Waals surface area (Å²) in [6.07, 6.45) is 0. The molecule has 8 heteroatoms. The third-order valence-electron chi connectivity index (χ3n) is 4.94. The van der Waals surface area contributed by atoms with Gasteiger partial charge in [0.1, 0.15) is 0 Å². The Bertz CT molecular complexity index is 1230. The Morgan fingerprint density at radius 1 is 0.903 bits per heavy atom. The molecular formula is C23H26NO5S2+. The van der Waals surface area contributed by atoms with Crippen LogP contribution in [0.5, 0.6) is 0 Å². The first-order valence-electron chi connectivity index (χ1n) is 9.68. The van der Waals surface area contributed by atoms with E-state index >= 15 is 0 Å². The van der Waals surface area contributed by atoms with Gasteiger partial charge in [0, 0.05) is 27.2 Å². The topological polar surface area (TPSA) is 80.7 Å². The van der Waals surface area contributed by atoms with E-state index in [9.17, 15) is 13.2 Å². The molecule has 0 amide bonds. The molecule has 0 fully saturated rings. The van der Waals surface area contributed by atoms with E-state index in [2.05, 4.69) is 49.6 Å². The minimum atomic E-state index is -4.16. The van der Waals surface area contributed by atoms with Crippen molar-refractivity contribution >= 4 is 38.7 Å². The van der Waals surface area contributed by atoms with Crippen molar-refractivity contribution in [3.8, 4) is 11.1 Å². The highest BCUT2D eigenvalue weighted by atomic mass is 32.3. The molecule has 4 rings (SSSR count). The van der Waals surface area contributed by atoms with Gasteiger partial charge in [-0.15, -0.1) is 11.8 Å². The van der Waals surface area contributed by atoms with E-state index in [0.29, 0.717) is 0 Å². The molecule has 0 unspecified atom stereocenters. The van der Waals surface area contributed by atoms with Crippen molar-refractivity contribution in [3.63, 3.8) is 0 Å². The van der Waals surface area contributed by atoms with Crippen LogP contribution in [0.3, 0.4) is 0 Å². The smallest absolute Gasteiger partial charge is 0.330 e. The molecule has 0 radical (unpaired) electrons. The van der Waals surface area contributed by atoms with Crippen LogP contribution < -0.4 is 0 Å². The molecule has 0 bridgehead atoms. The van der Waals surface area contributed by atoms with Crippen molar-refractivity contribution in [3.05, 3.63) is 65.7 Å². The SMILES string of the molecule is COS(=O)(=O)O.C[N+](C)(C)CCSc1ccc2c3c(cccc13)C(=O)c1ccccc1-2. The molecular weight excluding hydrogens is 434 g/mol. The second kappa shape index (κ2) is 9.10. The number of nitrogens with zero attached hydrogens (tertiary/aromatic N) is 1. The maximum absolute atomic E-state index is 12.9. The van der Waals surface area contributed by atoms with Gasteiger partial charge >= 0.3 is 10.4 Å². The number of benzene rings is 3. The Kier molecular flexibility index (Phi) is 6.88. The van der Waals surface area contributed by atoms with Crippen molar-refractivity contribution in [1.82, 2.24) is 0 Å². The van der Waals surface area contributed by atoms with Gasteiger partial charge in [-0.2, -0.15) is 8.42 Å². The molecule has 1 aliphatic rings. The van der Waals surface area contributed by atoms with E-state index in [-0.39, 0.29) is 5.78 Å². The highest BCUT2D eigenvalue weighted by Gasteiger charge is 2.25. The van der Waals surface area contributed by atoms with Crippen LogP contribution in [0.2, 0.25) is 0 Å². The average molecular weight is 461 g/mol. The fourth-order valence-corrected chi connectivity index (χ4v) is 4.76. The lowest BCUT2D eigenvalue weighted by molar-refractivity contribution is -0.867. The van der Waals surface area contributed by atoms with Gasteiger partial charge in [-0.1, -0.05) is 48.5 Å². The Morgan fingerprint density at radius 2 is 1.52 bits per heavy atom. The summed E-state index contributed by atoms with van der Waals surface area (Å²) in [5, 5.41) is 2.31. The van der Waals surface area contributed by atoms with Crippen molar-refractivity contribution in [2.75, 3.05) is 40.6 Å². The van der Waals surface area contributed by atoms with Crippen molar-refractivity contribution in [2.45, 2.75) is 4.90 Å². The number of rotatable bonds is 5. The van der Waals surface area contributed by atoms with Gasteiger partial charge in [-0.25, -0.2) is 0 Å². The summed E-state index contributed by atoms with van der Waals surface area (Å²) >= 11 is 1.88. The summed E-state index contributed by atoms with van der Waals surface area (Å²) < 4.78 is 30.7. The Labute approximate surface area is 187 Å². The molecule has 0 saturated carbocycles. The largest absolute Gasteiger partial charge is 0.397 e. The van der Waals surface area contributed by atoms with Gasteiger partial charge < -0.3 is 4.48 Å². The monoisotopic (exact) mass is 460 g/mol. The molecule has 0 aromatic heterocycles. The first-order chi connectivity index (χ1) is 14.5. The summed E-state index contributed by atoms with van der Waals surface area (Å²) in [4.78, 5) is 14.2. The number of hydrogen-bond acceptors (Lipinski definition) is 5. The first-order valence-corrected chi connectivity index (χ1v) is 12.0. The van der Waals surface area contributed by atoms with Gasteiger partial charge in [0.2, 0.25) is 0 Å². The summed E-state index contributed by atoms with van der Waals surface area (Å²) in [6, 6.07) is 18.5. The molecule has 0 spiro atoms. The Hall–Kier alpha value is -2.23. The predicted octanol–water partition coefficient (Wildman–Crippen LogP) is 4.29. The summed E-state index contributed by atoms with van der Waals surface area (Å²) in [7, 11) is 3.36. The van der Waals surface area contributed by atoms with Crippen LogP contribution in [0.15, 0.2) is 59.5 Å². The summed E-state index contributed by atoms with van der Waals surface area (Å²) in [5.74, 6) is 1.20. The number of hydrogen-bond donors (Lipinski definition) is 1. The molecule has 1 aliphatic carbocycles. The molecule has 0 heterocycles. The van der Waals surface area contributed by atoms with Crippen LogP contribution in [0.4, 0.5) is 0 Å². The van der Waals surface area contributed by atoms with Gasteiger partial charge in [0.05, 0.1) is 34.8 Å². The van der Waals surface area contributed by atoms with Crippen LogP contribution in [-0.4, -0.2) is 63.8 Å². The molecule has 3 aromatic carbocycles. The quantitative estimate of drug-likeness (QED) is 0.272. The van der Waals surface area contributed by atoms with E-state index in [1.54, 1.807) is 0 Å². The van der Waals surface area contributed by atoms with Crippen LogP contribution in [0, 0.1) is 0 Å².